The predicted molar refractivity (Wildman–Crippen MR) is 124 cm³/mol. The standard InChI is InChI=1S/C20H26FN3O3S.HI/c1-3-22-20(24-14-19(25)16-6-8-17(21)9-7-16)23-13-12-15-4-10-18(11-5-15)28(2,26)27;/h4-11,19,25H,3,12-14H2,1-2H3,(H2,22,23,24);1H. The minimum absolute atomic E-state index is 0. The number of nitrogens with one attached hydrogen (secondary N) is 2. The topological polar surface area (TPSA) is 90.8 Å². The molecular weight excluding hydrogens is 508 g/mol. The van der Waals surface area contributed by atoms with Crippen molar-refractivity contribution in [2.75, 3.05) is 25.9 Å². The first-order valence-corrected chi connectivity index (χ1v) is 10.9. The van der Waals surface area contributed by atoms with Gasteiger partial charge >= 0.3 is 0 Å². The predicted octanol–water partition coefficient (Wildman–Crippen LogP) is 2.68. The molecule has 29 heavy (non-hydrogen) atoms. The van der Waals surface area contributed by atoms with E-state index in [1.54, 1.807) is 24.3 Å². The number of aliphatic hydroxyl groups is 1. The smallest absolute Gasteiger partial charge is 0.191 e. The van der Waals surface area contributed by atoms with E-state index in [0.717, 1.165) is 5.56 Å². The molecule has 9 heteroatoms. The number of nitrogens with zero attached hydrogens (tertiary/aromatic N) is 1. The number of benzene rings is 2. The summed E-state index contributed by atoms with van der Waals surface area (Å²) in [4.78, 5) is 4.66. The van der Waals surface area contributed by atoms with Crippen LogP contribution in [0.3, 0.4) is 0 Å². The molecule has 0 radical (unpaired) electrons. The first-order valence-electron chi connectivity index (χ1n) is 9.04. The molecule has 0 aliphatic rings. The second-order valence-electron chi connectivity index (χ2n) is 6.38. The first-order chi connectivity index (χ1) is 13.3. The Labute approximate surface area is 188 Å². The summed E-state index contributed by atoms with van der Waals surface area (Å²) >= 11 is 0. The summed E-state index contributed by atoms with van der Waals surface area (Å²) in [6, 6.07) is 12.5. The molecule has 3 N–H and O–H groups in total. The molecule has 0 amide bonds. The average molecular weight is 535 g/mol. The van der Waals surface area contributed by atoms with Gasteiger partial charge in [-0.05, 0) is 48.7 Å². The number of hydrogen-bond acceptors (Lipinski definition) is 4. The molecule has 0 aliphatic carbocycles. The van der Waals surface area contributed by atoms with Crippen molar-refractivity contribution in [1.29, 1.82) is 0 Å². The van der Waals surface area contributed by atoms with Gasteiger partial charge in [0.25, 0.3) is 0 Å². The number of guanidine groups is 1. The monoisotopic (exact) mass is 535 g/mol. The van der Waals surface area contributed by atoms with Crippen molar-refractivity contribution >= 4 is 39.8 Å². The van der Waals surface area contributed by atoms with Gasteiger partial charge in [-0.15, -0.1) is 24.0 Å². The molecule has 0 heterocycles. The minimum Gasteiger partial charge on any atom is -0.386 e. The molecule has 1 atom stereocenters. The van der Waals surface area contributed by atoms with Gasteiger partial charge in [-0.3, -0.25) is 4.99 Å². The van der Waals surface area contributed by atoms with Gasteiger partial charge in [0.05, 0.1) is 17.5 Å². The Morgan fingerprint density at radius 3 is 2.28 bits per heavy atom. The van der Waals surface area contributed by atoms with Crippen molar-refractivity contribution in [2.45, 2.75) is 24.3 Å². The zero-order valence-electron chi connectivity index (χ0n) is 16.4. The molecule has 0 saturated heterocycles. The van der Waals surface area contributed by atoms with E-state index in [-0.39, 0.29) is 36.3 Å². The largest absolute Gasteiger partial charge is 0.386 e. The van der Waals surface area contributed by atoms with E-state index >= 15 is 0 Å². The number of rotatable bonds is 8. The summed E-state index contributed by atoms with van der Waals surface area (Å²) in [6.45, 7) is 3.35. The maximum absolute atomic E-state index is 13.0. The van der Waals surface area contributed by atoms with Crippen LogP contribution in [0.1, 0.15) is 24.2 Å². The lowest BCUT2D eigenvalue weighted by Gasteiger charge is -2.13. The lowest BCUT2D eigenvalue weighted by molar-refractivity contribution is 0.187. The molecule has 0 fully saturated rings. The number of hydrogen-bond donors (Lipinski definition) is 3. The van der Waals surface area contributed by atoms with E-state index < -0.39 is 15.9 Å². The Bertz CT molecular complexity index is 888. The van der Waals surface area contributed by atoms with E-state index in [0.29, 0.717) is 35.9 Å². The fraction of sp³-hybridized carbons (Fsp3) is 0.350. The minimum atomic E-state index is -3.19. The molecule has 0 bridgehead atoms. The van der Waals surface area contributed by atoms with Gasteiger partial charge in [-0.1, -0.05) is 24.3 Å². The van der Waals surface area contributed by atoms with E-state index in [1.165, 1.54) is 30.5 Å². The lowest BCUT2D eigenvalue weighted by Crippen LogP contribution is -2.38. The van der Waals surface area contributed by atoms with E-state index in [4.69, 9.17) is 0 Å². The van der Waals surface area contributed by atoms with Gasteiger partial charge in [-0.25, -0.2) is 12.8 Å². The van der Waals surface area contributed by atoms with Crippen LogP contribution < -0.4 is 10.6 Å². The molecule has 2 rings (SSSR count). The molecular formula is C20H27FIN3O3S. The van der Waals surface area contributed by atoms with Crippen molar-refractivity contribution in [1.82, 2.24) is 10.6 Å². The summed E-state index contributed by atoms with van der Waals surface area (Å²) in [6.07, 6.45) is 1.05. The molecule has 0 spiro atoms. The third kappa shape index (κ3) is 8.67. The van der Waals surface area contributed by atoms with Gasteiger partial charge in [0.15, 0.2) is 15.8 Å². The SMILES string of the molecule is CCNC(=NCC(O)c1ccc(F)cc1)NCCc1ccc(S(C)(=O)=O)cc1.I. The Balaban J connectivity index is 0.00000420. The van der Waals surface area contributed by atoms with Gasteiger partial charge < -0.3 is 15.7 Å². The van der Waals surface area contributed by atoms with Gasteiger partial charge in [0.2, 0.25) is 0 Å². The van der Waals surface area contributed by atoms with Crippen LogP contribution in [-0.2, 0) is 16.3 Å². The van der Waals surface area contributed by atoms with Crippen LogP contribution in [0.15, 0.2) is 58.4 Å². The maximum atomic E-state index is 13.0. The molecule has 1 unspecified atom stereocenters. The number of aliphatic hydroxyl groups excluding tert-OH is 1. The Hall–Kier alpha value is -1.72. The number of aliphatic imine (C=N–C) groups is 1. The van der Waals surface area contributed by atoms with Crippen LogP contribution in [0, 0.1) is 5.82 Å². The third-order valence-corrected chi connectivity index (χ3v) is 5.21. The number of halogens is 2. The van der Waals surface area contributed by atoms with Crippen molar-refractivity contribution < 1.29 is 17.9 Å². The van der Waals surface area contributed by atoms with E-state index in [2.05, 4.69) is 15.6 Å². The Kier molecular flexibility index (Phi) is 10.5. The summed E-state index contributed by atoms with van der Waals surface area (Å²) in [5, 5.41) is 16.5. The van der Waals surface area contributed by atoms with Crippen LogP contribution >= 0.6 is 24.0 Å². The van der Waals surface area contributed by atoms with Crippen LogP contribution in [0.5, 0.6) is 0 Å². The van der Waals surface area contributed by atoms with Crippen molar-refractivity contribution in [3.05, 3.63) is 65.5 Å². The van der Waals surface area contributed by atoms with Crippen LogP contribution in [0.25, 0.3) is 0 Å². The molecule has 160 valence electrons. The van der Waals surface area contributed by atoms with E-state index in [9.17, 15) is 17.9 Å². The summed E-state index contributed by atoms with van der Waals surface area (Å²) in [5.74, 6) is 0.218. The Morgan fingerprint density at radius 2 is 1.72 bits per heavy atom. The third-order valence-electron chi connectivity index (χ3n) is 4.08. The average Bonchev–Trinajstić information content (AvgIpc) is 2.66. The van der Waals surface area contributed by atoms with Crippen LogP contribution in [0.4, 0.5) is 4.39 Å². The molecule has 6 nitrogen and oxygen atoms in total. The van der Waals surface area contributed by atoms with Crippen molar-refractivity contribution in [3.63, 3.8) is 0 Å². The summed E-state index contributed by atoms with van der Waals surface area (Å²) in [5.41, 5.74) is 1.61. The molecule has 2 aromatic carbocycles. The normalized spacial score (nSPS) is 12.8. The number of sulfone groups is 1. The van der Waals surface area contributed by atoms with Gasteiger partial charge in [-0.2, -0.15) is 0 Å². The molecule has 0 saturated carbocycles. The molecule has 0 aliphatic heterocycles. The van der Waals surface area contributed by atoms with Crippen molar-refractivity contribution in [3.8, 4) is 0 Å². The molecule has 0 aromatic heterocycles. The lowest BCUT2D eigenvalue weighted by atomic mass is 10.1. The van der Waals surface area contributed by atoms with Crippen LogP contribution in [0.2, 0.25) is 0 Å². The second kappa shape index (κ2) is 12.1. The quantitative estimate of drug-likeness (QED) is 0.275. The highest BCUT2D eigenvalue weighted by atomic mass is 127. The fourth-order valence-electron chi connectivity index (χ4n) is 2.54. The van der Waals surface area contributed by atoms with Gasteiger partial charge in [0, 0.05) is 19.3 Å². The van der Waals surface area contributed by atoms with Crippen molar-refractivity contribution in [2.24, 2.45) is 4.99 Å². The highest BCUT2D eigenvalue weighted by Crippen LogP contribution is 2.13. The summed E-state index contributed by atoms with van der Waals surface area (Å²) < 4.78 is 35.9. The summed E-state index contributed by atoms with van der Waals surface area (Å²) in [7, 11) is -3.19. The second-order valence-corrected chi connectivity index (χ2v) is 8.40. The highest BCUT2D eigenvalue weighted by molar-refractivity contribution is 14.0. The van der Waals surface area contributed by atoms with Gasteiger partial charge in [0.1, 0.15) is 5.82 Å². The highest BCUT2D eigenvalue weighted by Gasteiger charge is 2.08. The van der Waals surface area contributed by atoms with E-state index in [1.807, 2.05) is 6.92 Å². The molecule has 2 aromatic rings. The maximum Gasteiger partial charge on any atom is 0.191 e. The first kappa shape index (κ1) is 25.3. The Morgan fingerprint density at radius 1 is 1.10 bits per heavy atom. The fourth-order valence-corrected chi connectivity index (χ4v) is 3.17. The van der Waals surface area contributed by atoms with Crippen LogP contribution in [-0.4, -0.2) is 45.4 Å². The zero-order valence-corrected chi connectivity index (χ0v) is 19.6. The zero-order chi connectivity index (χ0) is 20.6.